The molecule has 0 heterocycles. The topological polar surface area (TPSA) is 38.7 Å². The molecule has 3 unspecified atom stereocenters. The molecule has 3 atom stereocenters. The van der Waals surface area contributed by atoms with Crippen molar-refractivity contribution in [2.45, 2.75) is 51.4 Å². The van der Waals surface area contributed by atoms with E-state index >= 15 is 0 Å². The summed E-state index contributed by atoms with van der Waals surface area (Å²) in [6.45, 7) is 3.96. The molecule has 0 aromatic heterocycles. The Balaban J connectivity index is 3.61. The van der Waals surface area contributed by atoms with E-state index < -0.39 is 0 Å². The normalized spacial score (nSPS) is 18.2. The van der Waals surface area contributed by atoms with Crippen LogP contribution in [0.5, 0.6) is 0 Å². The number of rotatable bonds is 7. The van der Waals surface area contributed by atoms with E-state index in [9.17, 15) is 5.11 Å². The summed E-state index contributed by atoms with van der Waals surface area (Å²) < 4.78 is 10.2. The fourth-order valence-corrected chi connectivity index (χ4v) is 1.24. The van der Waals surface area contributed by atoms with E-state index in [0.29, 0.717) is 0 Å². The van der Waals surface area contributed by atoms with Gasteiger partial charge in [-0.05, 0) is 26.2 Å². The summed E-state index contributed by atoms with van der Waals surface area (Å²) in [5.74, 6) is 0. The molecule has 0 aliphatic carbocycles. The Morgan fingerprint density at radius 3 is 2.15 bits per heavy atom. The van der Waals surface area contributed by atoms with Crippen LogP contribution in [0.1, 0.15) is 33.1 Å². The van der Waals surface area contributed by atoms with E-state index in [4.69, 9.17) is 9.47 Å². The van der Waals surface area contributed by atoms with Gasteiger partial charge in [-0.2, -0.15) is 0 Å². The van der Waals surface area contributed by atoms with Crippen LogP contribution in [0.15, 0.2) is 0 Å². The van der Waals surface area contributed by atoms with Crippen molar-refractivity contribution in [3.63, 3.8) is 0 Å². The minimum atomic E-state index is -0.380. The number of aliphatic hydroxyl groups is 1. The third-order valence-corrected chi connectivity index (χ3v) is 2.49. The van der Waals surface area contributed by atoms with Crippen LogP contribution in [-0.4, -0.2) is 37.6 Å². The zero-order chi connectivity index (χ0) is 10.3. The zero-order valence-corrected chi connectivity index (χ0v) is 9.12. The summed E-state index contributed by atoms with van der Waals surface area (Å²) in [4.78, 5) is 0. The highest BCUT2D eigenvalue weighted by molar-refractivity contribution is 4.66. The Hall–Kier alpha value is -0.120. The molecule has 3 heteroatoms. The number of ether oxygens (including phenoxy) is 2. The van der Waals surface area contributed by atoms with Gasteiger partial charge in [-0.1, -0.05) is 6.92 Å². The Morgan fingerprint density at radius 2 is 1.77 bits per heavy atom. The van der Waals surface area contributed by atoms with Gasteiger partial charge >= 0.3 is 0 Å². The van der Waals surface area contributed by atoms with E-state index in [1.54, 1.807) is 14.2 Å². The SMILES string of the molecule is CCC(CCC(O)C(C)OC)OC. The van der Waals surface area contributed by atoms with E-state index in [0.717, 1.165) is 19.3 Å². The van der Waals surface area contributed by atoms with Gasteiger partial charge in [0.25, 0.3) is 0 Å². The highest BCUT2D eigenvalue weighted by Crippen LogP contribution is 2.11. The van der Waals surface area contributed by atoms with Crippen LogP contribution in [0.25, 0.3) is 0 Å². The second-order valence-electron chi connectivity index (χ2n) is 3.35. The third-order valence-electron chi connectivity index (χ3n) is 2.49. The van der Waals surface area contributed by atoms with E-state index in [2.05, 4.69) is 6.92 Å². The average Bonchev–Trinajstić information content (AvgIpc) is 2.17. The number of aliphatic hydroxyl groups excluding tert-OH is 1. The highest BCUT2D eigenvalue weighted by atomic mass is 16.5. The Kier molecular flexibility index (Phi) is 7.23. The summed E-state index contributed by atoms with van der Waals surface area (Å²) in [5, 5.41) is 9.58. The molecule has 1 N–H and O–H groups in total. The van der Waals surface area contributed by atoms with Crippen LogP contribution in [0, 0.1) is 0 Å². The first-order valence-corrected chi connectivity index (χ1v) is 4.89. The van der Waals surface area contributed by atoms with Crippen LogP contribution in [0.3, 0.4) is 0 Å². The second-order valence-corrected chi connectivity index (χ2v) is 3.35. The van der Waals surface area contributed by atoms with Crippen LogP contribution in [0.4, 0.5) is 0 Å². The van der Waals surface area contributed by atoms with Crippen molar-refractivity contribution in [3.05, 3.63) is 0 Å². The number of hydrogen-bond donors (Lipinski definition) is 1. The van der Waals surface area contributed by atoms with Crippen molar-refractivity contribution in [1.29, 1.82) is 0 Å². The molecular weight excluding hydrogens is 168 g/mol. The molecule has 0 aromatic rings. The molecule has 0 saturated carbocycles. The molecule has 0 amide bonds. The van der Waals surface area contributed by atoms with Gasteiger partial charge in [-0.3, -0.25) is 0 Å². The van der Waals surface area contributed by atoms with Crippen molar-refractivity contribution < 1.29 is 14.6 Å². The first kappa shape index (κ1) is 12.9. The van der Waals surface area contributed by atoms with Crippen molar-refractivity contribution in [3.8, 4) is 0 Å². The summed E-state index contributed by atoms with van der Waals surface area (Å²) >= 11 is 0. The lowest BCUT2D eigenvalue weighted by Gasteiger charge is -2.19. The van der Waals surface area contributed by atoms with Gasteiger partial charge in [-0.15, -0.1) is 0 Å². The van der Waals surface area contributed by atoms with E-state index in [1.807, 2.05) is 6.92 Å². The van der Waals surface area contributed by atoms with Crippen LogP contribution in [-0.2, 0) is 9.47 Å². The summed E-state index contributed by atoms with van der Waals surface area (Å²) in [6, 6.07) is 0. The van der Waals surface area contributed by atoms with Crippen molar-refractivity contribution >= 4 is 0 Å². The van der Waals surface area contributed by atoms with Gasteiger partial charge in [0.15, 0.2) is 0 Å². The van der Waals surface area contributed by atoms with Crippen LogP contribution >= 0.6 is 0 Å². The lowest BCUT2D eigenvalue weighted by molar-refractivity contribution is -0.0143. The van der Waals surface area contributed by atoms with Gasteiger partial charge in [0, 0.05) is 14.2 Å². The van der Waals surface area contributed by atoms with Crippen molar-refractivity contribution in [2.75, 3.05) is 14.2 Å². The molecule has 0 radical (unpaired) electrons. The van der Waals surface area contributed by atoms with E-state index in [1.165, 1.54) is 0 Å². The fraction of sp³-hybridized carbons (Fsp3) is 1.00. The molecule has 13 heavy (non-hydrogen) atoms. The predicted molar refractivity (Wildman–Crippen MR) is 52.8 cm³/mol. The maximum absolute atomic E-state index is 9.58. The maximum Gasteiger partial charge on any atom is 0.0802 e. The molecule has 3 nitrogen and oxygen atoms in total. The van der Waals surface area contributed by atoms with Gasteiger partial charge in [0.2, 0.25) is 0 Å². The highest BCUT2D eigenvalue weighted by Gasteiger charge is 2.15. The summed E-state index contributed by atoms with van der Waals surface area (Å²) in [5.41, 5.74) is 0. The molecule has 0 saturated heterocycles. The first-order chi connectivity index (χ1) is 6.15. The number of hydrogen-bond acceptors (Lipinski definition) is 3. The van der Waals surface area contributed by atoms with Crippen LogP contribution < -0.4 is 0 Å². The smallest absolute Gasteiger partial charge is 0.0802 e. The lowest BCUT2D eigenvalue weighted by Crippen LogP contribution is -2.26. The van der Waals surface area contributed by atoms with E-state index in [-0.39, 0.29) is 18.3 Å². The molecule has 0 fully saturated rings. The Bertz CT molecular complexity index is 113. The first-order valence-electron chi connectivity index (χ1n) is 4.89. The number of methoxy groups -OCH3 is 2. The molecular formula is C10H22O3. The molecule has 0 aromatic carbocycles. The zero-order valence-electron chi connectivity index (χ0n) is 9.12. The summed E-state index contributed by atoms with van der Waals surface area (Å²) in [7, 11) is 3.32. The minimum absolute atomic E-state index is 0.0886. The Labute approximate surface area is 81.0 Å². The molecule has 0 aliphatic rings. The Morgan fingerprint density at radius 1 is 1.15 bits per heavy atom. The quantitative estimate of drug-likeness (QED) is 0.662. The van der Waals surface area contributed by atoms with Crippen LogP contribution in [0.2, 0.25) is 0 Å². The third kappa shape index (κ3) is 5.24. The maximum atomic E-state index is 9.58. The second kappa shape index (κ2) is 7.30. The van der Waals surface area contributed by atoms with Gasteiger partial charge in [0.05, 0.1) is 18.3 Å². The summed E-state index contributed by atoms with van der Waals surface area (Å²) in [6.07, 6.45) is 2.41. The molecule has 0 spiro atoms. The largest absolute Gasteiger partial charge is 0.390 e. The minimum Gasteiger partial charge on any atom is -0.390 e. The molecule has 80 valence electrons. The van der Waals surface area contributed by atoms with Gasteiger partial charge < -0.3 is 14.6 Å². The van der Waals surface area contributed by atoms with Crippen molar-refractivity contribution in [2.24, 2.45) is 0 Å². The fourth-order valence-electron chi connectivity index (χ4n) is 1.24. The standard InChI is InChI=1S/C10H22O3/c1-5-9(13-4)6-7-10(11)8(2)12-3/h8-11H,5-7H2,1-4H3. The van der Waals surface area contributed by atoms with Gasteiger partial charge in [-0.25, -0.2) is 0 Å². The average molecular weight is 190 g/mol. The molecule has 0 aliphatic heterocycles. The predicted octanol–water partition coefficient (Wildman–Crippen LogP) is 1.59. The lowest BCUT2D eigenvalue weighted by atomic mass is 10.1. The molecule has 0 rings (SSSR count). The monoisotopic (exact) mass is 190 g/mol. The molecule has 0 bridgehead atoms. The van der Waals surface area contributed by atoms with Gasteiger partial charge in [0.1, 0.15) is 0 Å². The van der Waals surface area contributed by atoms with Crippen molar-refractivity contribution in [1.82, 2.24) is 0 Å².